The highest BCUT2D eigenvalue weighted by Crippen LogP contribution is 2.27. The largest absolute Gasteiger partial charge is 0.368 e. The molecular formula is C23H21FN6OS. The van der Waals surface area contributed by atoms with Crippen LogP contribution in [0.2, 0.25) is 0 Å². The van der Waals surface area contributed by atoms with Gasteiger partial charge in [-0.2, -0.15) is 5.26 Å². The Morgan fingerprint density at radius 3 is 2.53 bits per heavy atom. The first-order chi connectivity index (χ1) is 15.6. The average molecular weight is 449 g/mol. The quantitative estimate of drug-likeness (QED) is 0.577. The van der Waals surface area contributed by atoms with Crippen LogP contribution in [0.15, 0.2) is 66.0 Å². The van der Waals surface area contributed by atoms with Crippen molar-refractivity contribution in [3.63, 3.8) is 0 Å². The van der Waals surface area contributed by atoms with Gasteiger partial charge in [-0.25, -0.2) is 14.4 Å². The smallest absolute Gasteiger partial charge is 0.234 e. The second-order valence-electron chi connectivity index (χ2n) is 7.17. The molecule has 1 amide bonds. The number of thioether (sulfide) groups is 1. The number of amides is 1. The first-order valence-electron chi connectivity index (χ1n) is 10.1. The summed E-state index contributed by atoms with van der Waals surface area (Å²) in [5.74, 6) is 0.520. The summed E-state index contributed by atoms with van der Waals surface area (Å²) in [5, 5.41) is 12.5. The SMILES string of the molecule is N#Cc1cccc(NC(=O)CSc2nccnc2N2CCN(c3ccc(F)cc3)CC2)c1. The summed E-state index contributed by atoms with van der Waals surface area (Å²) in [4.78, 5) is 25.7. The van der Waals surface area contributed by atoms with Crippen LogP contribution in [0.25, 0.3) is 0 Å². The lowest BCUT2D eigenvalue weighted by Gasteiger charge is -2.37. The molecule has 2 heterocycles. The molecule has 9 heteroatoms. The Bertz CT molecular complexity index is 1130. The highest BCUT2D eigenvalue weighted by Gasteiger charge is 2.21. The van der Waals surface area contributed by atoms with E-state index in [2.05, 4.69) is 31.2 Å². The van der Waals surface area contributed by atoms with Crippen molar-refractivity contribution in [3.8, 4) is 6.07 Å². The summed E-state index contributed by atoms with van der Waals surface area (Å²) in [7, 11) is 0. The second-order valence-corrected chi connectivity index (χ2v) is 8.13. The third kappa shape index (κ3) is 5.34. The number of halogens is 1. The Morgan fingerprint density at radius 2 is 1.78 bits per heavy atom. The lowest BCUT2D eigenvalue weighted by Crippen LogP contribution is -2.47. The molecule has 1 aliphatic heterocycles. The number of carbonyl (C=O) groups is 1. The van der Waals surface area contributed by atoms with Gasteiger partial charge in [0.1, 0.15) is 10.8 Å². The van der Waals surface area contributed by atoms with Crippen LogP contribution < -0.4 is 15.1 Å². The average Bonchev–Trinajstić information content (AvgIpc) is 2.84. The van der Waals surface area contributed by atoms with Crippen LogP contribution in [-0.4, -0.2) is 47.8 Å². The van der Waals surface area contributed by atoms with E-state index in [1.54, 1.807) is 48.8 Å². The van der Waals surface area contributed by atoms with E-state index in [0.29, 0.717) is 16.3 Å². The molecule has 1 aromatic heterocycles. The Morgan fingerprint density at radius 1 is 1.06 bits per heavy atom. The molecule has 1 saturated heterocycles. The fraction of sp³-hybridized carbons (Fsp3) is 0.217. The summed E-state index contributed by atoms with van der Waals surface area (Å²) in [5.41, 5.74) is 2.08. The minimum Gasteiger partial charge on any atom is -0.368 e. The molecular weight excluding hydrogens is 427 g/mol. The van der Waals surface area contributed by atoms with Crippen molar-refractivity contribution in [1.82, 2.24) is 9.97 Å². The lowest BCUT2D eigenvalue weighted by atomic mass is 10.2. The summed E-state index contributed by atoms with van der Waals surface area (Å²) >= 11 is 1.33. The number of rotatable bonds is 6. The van der Waals surface area contributed by atoms with Crippen molar-refractivity contribution in [2.24, 2.45) is 0 Å². The molecule has 162 valence electrons. The highest BCUT2D eigenvalue weighted by atomic mass is 32.2. The fourth-order valence-corrected chi connectivity index (χ4v) is 4.25. The Labute approximate surface area is 189 Å². The maximum absolute atomic E-state index is 13.2. The van der Waals surface area contributed by atoms with Gasteiger partial charge in [0.15, 0.2) is 5.82 Å². The van der Waals surface area contributed by atoms with Crippen molar-refractivity contribution in [3.05, 3.63) is 72.3 Å². The van der Waals surface area contributed by atoms with Gasteiger partial charge in [0.05, 0.1) is 17.4 Å². The van der Waals surface area contributed by atoms with Crippen LogP contribution in [0.4, 0.5) is 21.6 Å². The molecule has 32 heavy (non-hydrogen) atoms. The van der Waals surface area contributed by atoms with Crippen molar-refractivity contribution in [2.45, 2.75) is 5.03 Å². The molecule has 0 radical (unpaired) electrons. The topological polar surface area (TPSA) is 85.1 Å². The molecule has 2 aromatic carbocycles. The zero-order valence-electron chi connectivity index (χ0n) is 17.2. The van der Waals surface area contributed by atoms with Crippen molar-refractivity contribution in [1.29, 1.82) is 5.26 Å². The van der Waals surface area contributed by atoms with Gasteiger partial charge in [-0.05, 0) is 42.5 Å². The first-order valence-corrected chi connectivity index (χ1v) is 11.1. The zero-order valence-corrected chi connectivity index (χ0v) is 18.1. The molecule has 0 unspecified atom stereocenters. The van der Waals surface area contributed by atoms with Gasteiger partial charge in [-0.1, -0.05) is 17.8 Å². The first kappa shape index (κ1) is 21.6. The van der Waals surface area contributed by atoms with E-state index >= 15 is 0 Å². The van der Waals surface area contributed by atoms with Crippen molar-refractivity contribution in [2.75, 3.05) is 47.0 Å². The number of benzene rings is 2. The normalized spacial score (nSPS) is 13.5. The number of piperazine rings is 1. The predicted molar refractivity (Wildman–Crippen MR) is 123 cm³/mol. The number of hydrogen-bond donors (Lipinski definition) is 1. The van der Waals surface area contributed by atoms with Gasteiger partial charge in [0.2, 0.25) is 5.91 Å². The molecule has 0 bridgehead atoms. The third-order valence-corrected chi connectivity index (χ3v) is 6.00. The molecule has 4 rings (SSSR count). The molecule has 0 aliphatic carbocycles. The maximum atomic E-state index is 13.2. The van der Waals surface area contributed by atoms with Gasteiger partial charge in [-0.3, -0.25) is 4.79 Å². The van der Waals surface area contributed by atoms with Crippen molar-refractivity contribution < 1.29 is 9.18 Å². The highest BCUT2D eigenvalue weighted by molar-refractivity contribution is 8.00. The summed E-state index contributed by atoms with van der Waals surface area (Å²) in [6.07, 6.45) is 3.27. The maximum Gasteiger partial charge on any atom is 0.234 e. The van der Waals surface area contributed by atoms with E-state index in [4.69, 9.17) is 5.26 Å². The van der Waals surface area contributed by atoms with E-state index in [1.165, 1.54) is 23.9 Å². The van der Waals surface area contributed by atoms with Crippen LogP contribution >= 0.6 is 11.8 Å². The number of nitriles is 1. The van der Waals surface area contributed by atoms with E-state index in [0.717, 1.165) is 37.7 Å². The molecule has 7 nitrogen and oxygen atoms in total. The minimum atomic E-state index is -0.240. The van der Waals surface area contributed by atoms with Gasteiger partial charge in [0.25, 0.3) is 0 Å². The number of nitrogens with zero attached hydrogens (tertiary/aromatic N) is 5. The number of carbonyl (C=O) groups excluding carboxylic acids is 1. The van der Waals surface area contributed by atoms with Gasteiger partial charge in [0, 0.05) is 49.9 Å². The van der Waals surface area contributed by atoms with Crippen LogP contribution in [0, 0.1) is 17.1 Å². The molecule has 3 aromatic rings. The van der Waals surface area contributed by atoms with Gasteiger partial charge < -0.3 is 15.1 Å². The van der Waals surface area contributed by atoms with Crippen LogP contribution in [0.5, 0.6) is 0 Å². The second kappa shape index (κ2) is 10.1. The van der Waals surface area contributed by atoms with Gasteiger partial charge in [-0.15, -0.1) is 0 Å². The standard InChI is InChI=1S/C23H21FN6OS/c24-18-4-6-20(7-5-18)29-10-12-30(13-11-29)22-23(27-9-8-26-22)32-16-21(31)28-19-3-1-2-17(14-19)15-25/h1-9,14H,10-13,16H2,(H,28,31). The van der Waals surface area contributed by atoms with E-state index in [1.807, 2.05) is 0 Å². The van der Waals surface area contributed by atoms with E-state index in [-0.39, 0.29) is 17.5 Å². The molecule has 0 saturated carbocycles. The number of anilines is 3. The van der Waals surface area contributed by atoms with Crippen LogP contribution in [0.1, 0.15) is 5.56 Å². The number of nitrogens with one attached hydrogen (secondary N) is 1. The Kier molecular flexibility index (Phi) is 6.82. The van der Waals surface area contributed by atoms with E-state index < -0.39 is 0 Å². The summed E-state index contributed by atoms with van der Waals surface area (Å²) < 4.78 is 13.2. The van der Waals surface area contributed by atoms with Crippen LogP contribution in [0.3, 0.4) is 0 Å². The predicted octanol–water partition coefficient (Wildman–Crippen LogP) is 3.54. The molecule has 0 atom stereocenters. The molecule has 1 fully saturated rings. The Hall–Kier alpha value is -3.64. The third-order valence-electron chi connectivity index (χ3n) is 5.03. The summed E-state index contributed by atoms with van der Waals surface area (Å²) in [6.45, 7) is 3.05. The molecule has 1 aliphatic rings. The van der Waals surface area contributed by atoms with Crippen LogP contribution in [-0.2, 0) is 4.79 Å². The van der Waals surface area contributed by atoms with E-state index in [9.17, 15) is 9.18 Å². The zero-order chi connectivity index (χ0) is 22.3. The van der Waals surface area contributed by atoms with Crippen molar-refractivity contribution >= 4 is 34.9 Å². The minimum absolute atomic E-state index is 0.178. The Balaban J connectivity index is 1.35. The molecule has 0 spiro atoms. The monoisotopic (exact) mass is 448 g/mol. The summed E-state index contributed by atoms with van der Waals surface area (Å²) in [6, 6.07) is 15.4. The van der Waals surface area contributed by atoms with Gasteiger partial charge >= 0.3 is 0 Å². The fourth-order valence-electron chi connectivity index (χ4n) is 3.46. The number of aromatic nitrogens is 2. The number of hydrogen-bond acceptors (Lipinski definition) is 7. The molecule has 1 N–H and O–H groups in total. The lowest BCUT2D eigenvalue weighted by molar-refractivity contribution is -0.113.